The van der Waals surface area contributed by atoms with Gasteiger partial charge in [-0.25, -0.2) is 18.7 Å². The van der Waals surface area contributed by atoms with Gasteiger partial charge < -0.3 is 15.4 Å². The van der Waals surface area contributed by atoms with Gasteiger partial charge in [0.15, 0.2) is 0 Å². The fourth-order valence-electron chi connectivity index (χ4n) is 2.41. The van der Waals surface area contributed by atoms with Crippen molar-refractivity contribution < 1.29 is 18.3 Å². The maximum atomic E-state index is 13.7. The number of halogens is 2. The molecule has 1 aromatic heterocycles. The summed E-state index contributed by atoms with van der Waals surface area (Å²) in [5.74, 6) is -1.25. The standard InChI is InChI=1S/C19H16F2N4O2/c1-27-16-8-3-2-5-12(16)10-22-19(26)15-9-17(24-11-23-15)25-18-13(20)6-4-7-14(18)21/h2-9,11H,10H2,1H3,(H,22,26)(H,23,24,25). The molecule has 0 aliphatic heterocycles. The third-order valence-corrected chi connectivity index (χ3v) is 3.75. The Labute approximate surface area is 154 Å². The maximum Gasteiger partial charge on any atom is 0.270 e. The highest BCUT2D eigenvalue weighted by Gasteiger charge is 2.13. The van der Waals surface area contributed by atoms with Crippen molar-refractivity contribution in [2.75, 3.05) is 12.4 Å². The highest BCUT2D eigenvalue weighted by molar-refractivity contribution is 5.93. The fourth-order valence-corrected chi connectivity index (χ4v) is 2.41. The predicted octanol–water partition coefficient (Wildman–Crippen LogP) is 3.44. The number of hydrogen-bond acceptors (Lipinski definition) is 5. The van der Waals surface area contributed by atoms with Crippen LogP contribution < -0.4 is 15.4 Å². The molecule has 0 saturated carbocycles. The van der Waals surface area contributed by atoms with Gasteiger partial charge in [0.25, 0.3) is 5.91 Å². The molecule has 0 radical (unpaired) electrons. The summed E-state index contributed by atoms with van der Waals surface area (Å²) in [7, 11) is 1.55. The Morgan fingerprint density at radius 2 is 1.81 bits per heavy atom. The Morgan fingerprint density at radius 3 is 2.56 bits per heavy atom. The smallest absolute Gasteiger partial charge is 0.270 e. The summed E-state index contributed by atoms with van der Waals surface area (Å²) in [5, 5.41) is 5.25. The number of rotatable bonds is 6. The summed E-state index contributed by atoms with van der Waals surface area (Å²) < 4.78 is 32.7. The average molecular weight is 370 g/mol. The largest absolute Gasteiger partial charge is 0.496 e. The monoisotopic (exact) mass is 370 g/mol. The van der Waals surface area contributed by atoms with Crippen LogP contribution in [0.15, 0.2) is 54.9 Å². The van der Waals surface area contributed by atoms with E-state index in [0.29, 0.717) is 5.75 Å². The summed E-state index contributed by atoms with van der Waals surface area (Å²) in [6.45, 7) is 0.234. The Morgan fingerprint density at radius 1 is 1.07 bits per heavy atom. The second kappa shape index (κ2) is 8.22. The topological polar surface area (TPSA) is 76.1 Å². The van der Waals surface area contributed by atoms with E-state index in [1.807, 2.05) is 18.2 Å². The van der Waals surface area contributed by atoms with Gasteiger partial charge in [0, 0.05) is 18.2 Å². The van der Waals surface area contributed by atoms with E-state index in [4.69, 9.17) is 4.74 Å². The van der Waals surface area contributed by atoms with E-state index < -0.39 is 17.5 Å². The second-order valence-corrected chi connectivity index (χ2v) is 5.50. The van der Waals surface area contributed by atoms with Crippen molar-refractivity contribution in [1.82, 2.24) is 15.3 Å². The number of anilines is 2. The molecule has 2 N–H and O–H groups in total. The number of carbonyl (C=O) groups is 1. The third kappa shape index (κ3) is 4.35. The molecule has 0 unspecified atom stereocenters. The Hall–Kier alpha value is -3.55. The first kappa shape index (κ1) is 18.2. The normalized spacial score (nSPS) is 10.3. The Balaban J connectivity index is 1.72. The van der Waals surface area contributed by atoms with Crippen LogP contribution in [0.1, 0.15) is 16.1 Å². The molecule has 1 amide bonds. The summed E-state index contributed by atoms with van der Waals surface area (Å²) in [6, 6.07) is 12.1. The molecule has 0 bridgehead atoms. The van der Waals surface area contributed by atoms with Gasteiger partial charge in [-0.05, 0) is 18.2 Å². The van der Waals surface area contributed by atoms with Gasteiger partial charge in [-0.3, -0.25) is 4.79 Å². The van der Waals surface area contributed by atoms with Crippen molar-refractivity contribution in [3.8, 4) is 5.75 Å². The van der Waals surface area contributed by atoms with Crippen molar-refractivity contribution >= 4 is 17.4 Å². The SMILES string of the molecule is COc1ccccc1CNC(=O)c1cc(Nc2c(F)cccc2F)ncn1. The van der Waals surface area contributed by atoms with Crippen LogP contribution in [0.3, 0.4) is 0 Å². The quantitative estimate of drug-likeness (QED) is 0.695. The molecule has 3 aromatic rings. The summed E-state index contributed by atoms with van der Waals surface area (Å²) in [4.78, 5) is 20.1. The molecule has 1 heterocycles. The molecule has 8 heteroatoms. The van der Waals surface area contributed by atoms with Crippen LogP contribution in [-0.2, 0) is 6.54 Å². The van der Waals surface area contributed by atoms with E-state index in [9.17, 15) is 13.6 Å². The molecule has 138 valence electrons. The lowest BCUT2D eigenvalue weighted by Gasteiger charge is -2.10. The van der Waals surface area contributed by atoms with Gasteiger partial charge in [0.2, 0.25) is 0 Å². The number of aromatic nitrogens is 2. The molecule has 0 saturated heterocycles. The van der Waals surface area contributed by atoms with Crippen LogP contribution in [0.5, 0.6) is 5.75 Å². The minimum atomic E-state index is -0.768. The summed E-state index contributed by atoms with van der Waals surface area (Å²) >= 11 is 0. The number of para-hydroxylation sites is 2. The number of hydrogen-bond donors (Lipinski definition) is 2. The van der Waals surface area contributed by atoms with E-state index in [0.717, 1.165) is 24.0 Å². The van der Waals surface area contributed by atoms with Crippen LogP contribution in [0.4, 0.5) is 20.3 Å². The molecular formula is C19H16F2N4O2. The Kier molecular flexibility index (Phi) is 5.55. The highest BCUT2D eigenvalue weighted by atomic mass is 19.1. The summed E-state index contributed by atoms with van der Waals surface area (Å²) in [6.07, 6.45) is 1.14. The van der Waals surface area contributed by atoms with E-state index in [1.54, 1.807) is 13.2 Å². The molecule has 2 aromatic carbocycles. The van der Waals surface area contributed by atoms with Gasteiger partial charge in [-0.2, -0.15) is 0 Å². The lowest BCUT2D eigenvalue weighted by molar-refractivity contribution is 0.0945. The van der Waals surface area contributed by atoms with Crippen LogP contribution in [0.25, 0.3) is 0 Å². The van der Waals surface area contributed by atoms with Crippen molar-refractivity contribution in [3.05, 3.63) is 77.8 Å². The summed E-state index contributed by atoms with van der Waals surface area (Å²) in [5.41, 5.74) is 0.505. The highest BCUT2D eigenvalue weighted by Crippen LogP contribution is 2.22. The van der Waals surface area contributed by atoms with E-state index >= 15 is 0 Å². The van der Waals surface area contributed by atoms with Gasteiger partial charge in [0.1, 0.15) is 40.9 Å². The molecule has 3 rings (SSSR count). The zero-order chi connectivity index (χ0) is 19.2. The van der Waals surface area contributed by atoms with Gasteiger partial charge in [-0.15, -0.1) is 0 Å². The second-order valence-electron chi connectivity index (χ2n) is 5.50. The molecule has 0 aliphatic rings. The first-order valence-corrected chi connectivity index (χ1v) is 8.01. The molecule has 0 spiro atoms. The van der Waals surface area contributed by atoms with Crippen LogP contribution in [-0.4, -0.2) is 23.0 Å². The first-order chi connectivity index (χ1) is 13.1. The minimum absolute atomic E-state index is 0.0548. The average Bonchev–Trinajstić information content (AvgIpc) is 2.69. The van der Waals surface area contributed by atoms with Crippen molar-refractivity contribution in [2.45, 2.75) is 6.54 Å². The Bertz CT molecular complexity index is 946. The zero-order valence-electron chi connectivity index (χ0n) is 14.4. The van der Waals surface area contributed by atoms with Gasteiger partial charge in [0.05, 0.1) is 7.11 Å². The molecule has 0 fully saturated rings. The molecule has 27 heavy (non-hydrogen) atoms. The maximum absolute atomic E-state index is 13.7. The molecule has 6 nitrogen and oxygen atoms in total. The zero-order valence-corrected chi connectivity index (χ0v) is 14.4. The number of carbonyl (C=O) groups excluding carboxylic acids is 1. The third-order valence-electron chi connectivity index (χ3n) is 3.75. The first-order valence-electron chi connectivity index (χ1n) is 8.01. The lowest BCUT2D eigenvalue weighted by atomic mass is 10.2. The van der Waals surface area contributed by atoms with Crippen molar-refractivity contribution in [2.24, 2.45) is 0 Å². The minimum Gasteiger partial charge on any atom is -0.496 e. The van der Waals surface area contributed by atoms with Crippen LogP contribution >= 0.6 is 0 Å². The molecule has 0 aliphatic carbocycles. The van der Waals surface area contributed by atoms with Crippen LogP contribution in [0.2, 0.25) is 0 Å². The fraction of sp³-hybridized carbons (Fsp3) is 0.105. The lowest BCUT2D eigenvalue weighted by Crippen LogP contribution is -2.24. The molecular weight excluding hydrogens is 354 g/mol. The predicted molar refractivity (Wildman–Crippen MR) is 95.8 cm³/mol. The molecule has 0 atom stereocenters. The number of methoxy groups -OCH3 is 1. The number of nitrogens with zero attached hydrogens (tertiary/aromatic N) is 2. The van der Waals surface area contributed by atoms with Gasteiger partial charge in [-0.1, -0.05) is 24.3 Å². The van der Waals surface area contributed by atoms with Gasteiger partial charge >= 0.3 is 0 Å². The van der Waals surface area contributed by atoms with Crippen molar-refractivity contribution in [3.63, 3.8) is 0 Å². The van der Waals surface area contributed by atoms with Crippen molar-refractivity contribution in [1.29, 1.82) is 0 Å². The van der Waals surface area contributed by atoms with Crippen LogP contribution in [0, 0.1) is 11.6 Å². The van der Waals surface area contributed by atoms with E-state index in [2.05, 4.69) is 20.6 Å². The van der Waals surface area contributed by atoms with E-state index in [1.165, 1.54) is 12.1 Å². The number of nitrogens with one attached hydrogen (secondary N) is 2. The number of amides is 1. The van der Waals surface area contributed by atoms with E-state index in [-0.39, 0.29) is 23.7 Å². The number of benzene rings is 2. The number of ether oxygens (including phenoxy) is 1.